The zero-order valence-corrected chi connectivity index (χ0v) is 11.6. The predicted octanol–water partition coefficient (Wildman–Crippen LogP) is 1.85. The average molecular weight is 279 g/mol. The largest absolute Gasteiger partial charge is 0.395 e. The number of aliphatic hydroxyl groups excluding tert-OH is 1. The predicted molar refractivity (Wildman–Crippen MR) is 77.2 cm³/mol. The van der Waals surface area contributed by atoms with Crippen LogP contribution in [0.2, 0.25) is 0 Å². The van der Waals surface area contributed by atoms with Crippen LogP contribution in [-0.2, 0) is 6.54 Å². The second kappa shape index (κ2) is 6.81. The number of amidine groups is 1. The van der Waals surface area contributed by atoms with Gasteiger partial charge in [0.25, 0.3) is 0 Å². The number of rotatable bonds is 4. The summed E-state index contributed by atoms with van der Waals surface area (Å²) in [5.74, 6) is -0.497. The number of nitrogens with zero attached hydrogens (tertiary/aromatic N) is 1. The topological polar surface area (TPSA) is 73.3 Å². The third-order valence-corrected chi connectivity index (χ3v) is 3.86. The summed E-state index contributed by atoms with van der Waals surface area (Å²) < 4.78 is 13.6. The van der Waals surface area contributed by atoms with Gasteiger partial charge in [0.05, 0.1) is 6.61 Å². The molecule has 4 nitrogen and oxygen atoms in total. The van der Waals surface area contributed by atoms with Crippen LogP contribution in [0.1, 0.15) is 36.8 Å². The van der Waals surface area contributed by atoms with Crippen molar-refractivity contribution in [3.63, 3.8) is 0 Å². The fourth-order valence-corrected chi connectivity index (χ4v) is 2.78. The quantitative estimate of drug-likeness (QED) is 0.581. The molecule has 1 heterocycles. The number of benzene rings is 1. The number of nitrogens with two attached hydrogens (primary N) is 1. The van der Waals surface area contributed by atoms with Gasteiger partial charge in [-0.2, -0.15) is 0 Å². The molecule has 0 radical (unpaired) electrons. The van der Waals surface area contributed by atoms with Gasteiger partial charge in [-0.1, -0.05) is 12.8 Å². The van der Waals surface area contributed by atoms with Crippen molar-refractivity contribution in [1.82, 2.24) is 4.90 Å². The summed E-state index contributed by atoms with van der Waals surface area (Å²) in [5, 5.41) is 16.9. The van der Waals surface area contributed by atoms with Gasteiger partial charge in [0.1, 0.15) is 11.7 Å². The van der Waals surface area contributed by atoms with E-state index in [1.807, 2.05) is 0 Å². The van der Waals surface area contributed by atoms with Crippen molar-refractivity contribution in [2.45, 2.75) is 38.3 Å². The van der Waals surface area contributed by atoms with Crippen LogP contribution in [0, 0.1) is 11.2 Å². The summed E-state index contributed by atoms with van der Waals surface area (Å²) in [6, 6.07) is 4.65. The van der Waals surface area contributed by atoms with E-state index in [2.05, 4.69) is 4.90 Å². The van der Waals surface area contributed by atoms with E-state index in [1.165, 1.54) is 18.6 Å². The lowest BCUT2D eigenvalue weighted by Crippen LogP contribution is -2.37. The molecule has 110 valence electrons. The summed E-state index contributed by atoms with van der Waals surface area (Å²) in [5.41, 5.74) is 6.64. The summed E-state index contributed by atoms with van der Waals surface area (Å²) in [4.78, 5) is 2.20. The molecule has 1 aromatic rings. The van der Waals surface area contributed by atoms with Gasteiger partial charge in [-0.3, -0.25) is 10.3 Å². The maximum atomic E-state index is 13.6. The highest BCUT2D eigenvalue weighted by Gasteiger charge is 2.20. The number of hydrogen-bond donors (Lipinski definition) is 3. The van der Waals surface area contributed by atoms with Crippen LogP contribution in [0.3, 0.4) is 0 Å². The van der Waals surface area contributed by atoms with E-state index < -0.39 is 0 Å². The zero-order chi connectivity index (χ0) is 14.5. The van der Waals surface area contributed by atoms with Crippen molar-refractivity contribution >= 4 is 5.84 Å². The molecular weight excluding hydrogens is 257 g/mol. The molecule has 0 amide bonds. The van der Waals surface area contributed by atoms with E-state index in [1.54, 1.807) is 6.07 Å². The second-order valence-corrected chi connectivity index (χ2v) is 5.42. The van der Waals surface area contributed by atoms with Crippen LogP contribution in [-0.4, -0.2) is 35.0 Å². The van der Waals surface area contributed by atoms with Crippen LogP contribution in [0.25, 0.3) is 0 Å². The molecule has 1 saturated heterocycles. The fraction of sp³-hybridized carbons (Fsp3) is 0.533. The van der Waals surface area contributed by atoms with E-state index in [0.29, 0.717) is 12.1 Å². The van der Waals surface area contributed by atoms with Gasteiger partial charge < -0.3 is 10.8 Å². The molecule has 20 heavy (non-hydrogen) atoms. The van der Waals surface area contributed by atoms with Gasteiger partial charge in [0, 0.05) is 18.2 Å². The molecule has 0 aliphatic carbocycles. The van der Waals surface area contributed by atoms with Crippen LogP contribution in [0.4, 0.5) is 4.39 Å². The maximum absolute atomic E-state index is 13.6. The van der Waals surface area contributed by atoms with Gasteiger partial charge in [-0.05, 0) is 43.1 Å². The van der Waals surface area contributed by atoms with Gasteiger partial charge in [0.15, 0.2) is 0 Å². The molecule has 5 heteroatoms. The SMILES string of the molecule is N=C(N)c1cc(F)cc(CN2CCCCCC2CO)c1. The first-order valence-electron chi connectivity index (χ1n) is 7.09. The van der Waals surface area contributed by atoms with Crippen molar-refractivity contribution in [2.75, 3.05) is 13.2 Å². The Balaban J connectivity index is 2.16. The molecule has 0 saturated carbocycles. The normalized spacial score (nSPS) is 20.6. The lowest BCUT2D eigenvalue weighted by molar-refractivity contribution is 0.118. The van der Waals surface area contributed by atoms with E-state index in [-0.39, 0.29) is 24.3 Å². The Bertz CT molecular complexity index is 478. The van der Waals surface area contributed by atoms with Crippen molar-refractivity contribution in [1.29, 1.82) is 5.41 Å². The smallest absolute Gasteiger partial charge is 0.124 e. The molecule has 1 fully saturated rings. The average Bonchev–Trinajstić information content (AvgIpc) is 2.63. The van der Waals surface area contributed by atoms with Crippen molar-refractivity contribution in [3.8, 4) is 0 Å². The first-order chi connectivity index (χ1) is 9.60. The molecule has 0 spiro atoms. The molecule has 1 aliphatic heterocycles. The van der Waals surface area contributed by atoms with Crippen LogP contribution in [0.5, 0.6) is 0 Å². The molecule has 0 bridgehead atoms. The Kier molecular flexibility index (Phi) is 5.09. The fourth-order valence-electron chi connectivity index (χ4n) is 2.78. The Labute approximate surface area is 118 Å². The van der Waals surface area contributed by atoms with E-state index in [4.69, 9.17) is 11.1 Å². The monoisotopic (exact) mass is 279 g/mol. The van der Waals surface area contributed by atoms with Crippen LogP contribution in [0.15, 0.2) is 18.2 Å². The van der Waals surface area contributed by atoms with E-state index in [0.717, 1.165) is 31.4 Å². The number of nitrogen functional groups attached to an aromatic ring is 1. The third kappa shape index (κ3) is 3.77. The van der Waals surface area contributed by atoms with Crippen LogP contribution < -0.4 is 5.73 Å². The molecule has 0 aromatic heterocycles. The molecular formula is C15H22FN3O. The zero-order valence-electron chi connectivity index (χ0n) is 11.6. The van der Waals surface area contributed by atoms with Gasteiger partial charge in [0.2, 0.25) is 0 Å². The van der Waals surface area contributed by atoms with Gasteiger partial charge >= 0.3 is 0 Å². The molecule has 1 atom stereocenters. The molecule has 1 aliphatic rings. The highest BCUT2D eigenvalue weighted by atomic mass is 19.1. The number of likely N-dealkylation sites (tertiary alicyclic amines) is 1. The van der Waals surface area contributed by atoms with Crippen LogP contribution >= 0.6 is 0 Å². The lowest BCUT2D eigenvalue weighted by Gasteiger charge is -2.28. The highest BCUT2D eigenvalue weighted by Crippen LogP contribution is 2.20. The minimum Gasteiger partial charge on any atom is -0.395 e. The Hall–Kier alpha value is -1.46. The van der Waals surface area contributed by atoms with Crippen molar-refractivity contribution in [2.24, 2.45) is 5.73 Å². The van der Waals surface area contributed by atoms with Crippen molar-refractivity contribution in [3.05, 3.63) is 35.1 Å². The van der Waals surface area contributed by atoms with E-state index in [9.17, 15) is 9.50 Å². The lowest BCUT2D eigenvalue weighted by atomic mass is 10.1. The molecule has 1 aromatic carbocycles. The van der Waals surface area contributed by atoms with Gasteiger partial charge in [-0.25, -0.2) is 4.39 Å². The third-order valence-electron chi connectivity index (χ3n) is 3.86. The Morgan fingerprint density at radius 3 is 2.85 bits per heavy atom. The summed E-state index contributed by atoms with van der Waals surface area (Å²) in [7, 11) is 0. The number of nitrogens with one attached hydrogen (secondary N) is 1. The summed E-state index contributed by atoms with van der Waals surface area (Å²) in [6.07, 6.45) is 4.38. The number of aliphatic hydroxyl groups is 1. The Morgan fingerprint density at radius 1 is 1.35 bits per heavy atom. The maximum Gasteiger partial charge on any atom is 0.124 e. The standard InChI is InChI=1S/C15H22FN3O/c16-13-7-11(6-12(8-13)15(17)18)9-19-5-3-1-2-4-14(19)10-20/h6-8,14,20H,1-5,9-10H2,(H3,17,18). The second-order valence-electron chi connectivity index (χ2n) is 5.42. The first kappa shape index (κ1) is 14.9. The number of hydrogen-bond acceptors (Lipinski definition) is 3. The highest BCUT2D eigenvalue weighted by molar-refractivity contribution is 5.95. The minimum atomic E-state index is -0.372. The molecule has 2 rings (SSSR count). The van der Waals surface area contributed by atoms with Gasteiger partial charge in [-0.15, -0.1) is 0 Å². The minimum absolute atomic E-state index is 0.125. The number of halogens is 1. The first-order valence-corrected chi connectivity index (χ1v) is 7.09. The van der Waals surface area contributed by atoms with E-state index >= 15 is 0 Å². The summed E-state index contributed by atoms with van der Waals surface area (Å²) in [6.45, 7) is 1.63. The van der Waals surface area contributed by atoms with Crippen molar-refractivity contribution < 1.29 is 9.50 Å². The Morgan fingerprint density at radius 2 is 2.15 bits per heavy atom. The molecule has 4 N–H and O–H groups in total. The molecule has 1 unspecified atom stereocenters. The summed E-state index contributed by atoms with van der Waals surface area (Å²) >= 11 is 0.